The molecule has 2 N–H and O–H groups in total. The van der Waals surface area contributed by atoms with Crippen LogP contribution in [0.1, 0.15) is 17.4 Å². The summed E-state index contributed by atoms with van der Waals surface area (Å²) in [6.45, 7) is 2.45. The summed E-state index contributed by atoms with van der Waals surface area (Å²) in [6, 6.07) is 4.44. The first-order chi connectivity index (χ1) is 9.02. The number of aromatic hydroxyl groups is 1. The molecule has 1 amide bonds. The molecule has 100 valence electrons. The van der Waals surface area contributed by atoms with Crippen molar-refractivity contribution in [1.82, 2.24) is 9.78 Å². The smallest absolute Gasteiger partial charge is 0.275 e. The fraction of sp³-hybridized carbons (Fsp3) is 0.167. The summed E-state index contributed by atoms with van der Waals surface area (Å²) >= 11 is 9.10. The Balaban J connectivity index is 2.30. The van der Waals surface area contributed by atoms with Crippen molar-refractivity contribution in [3.8, 4) is 5.75 Å². The van der Waals surface area contributed by atoms with Gasteiger partial charge in [-0.2, -0.15) is 5.10 Å². The molecule has 0 aliphatic heterocycles. The second-order valence-corrected chi connectivity index (χ2v) is 5.06. The highest BCUT2D eigenvalue weighted by Gasteiger charge is 2.17. The van der Waals surface area contributed by atoms with E-state index in [4.69, 9.17) is 11.6 Å². The summed E-state index contributed by atoms with van der Waals surface area (Å²) in [5, 5.41) is 16.8. The monoisotopic (exact) mass is 343 g/mol. The van der Waals surface area contributed by atoms with E-state index >= 15 is 0 Å². The Morgan fingerprint density at radius 2 is 2.32 bits per heavy atom. The number of aryl methyl sites for hydroxylation is 1. The molecule has 0 fully saturated rings. The normalized spacial score (nSPS) is 10.5. The number of nitrogens with one attached hydrogen (secondary N) is 1. The van der Waals surface area contributed by atoms with Gasteiger partial charge >= 0.3 is 0 Å². The third-order valence-corrected chi connectivity index (χ3v) is 3.33. The van der Waals surface area contributed by atoms with Crippen molar-refractivity contribution in [1.29, 1.82) is 0 Å². The van der Waals surface area contributed by atoms with Crippen LogP contribution in [-0.4, -0.2) is 20.8 Å². The average Bonchev–Trinajstić information content (AvgIpc) is 2.75. The molecule has 2 rings (SSSR count). The van der Waals surface area contributed by atoms with Crippen LogP contribution in [-0.2, 0) is 6.54 Å². The standard InChI is InChI=1S/C12H11BrClN3O2/c1-2-17-11(8(13)6-15-17)12(19)16-9-5-7(14)3-4-10(9)18/h3-6,18H,2H2,1H3,(H,16,19). The average molecular weight is 345 g/mol. The minimum Gasteiger partial charge on any atom is -0.506 e. The molecular weight excluding hydrogens is 334 g/mol. The molecule has 5 nitrogen and oxygen atoms in total. The Bertz CT molecular complexity index is 627. The fourth-order valence-electron chi connectivity index (χ4n) is 1.62. The maximum absolute atomic E-state index is 12.2. The largest absolute Gasteiger partial charge is 0.506 e. The molecule has 0 saturated carbocycles. The Labute approximate surface area is 123 Å². The Kier molecular flexibility index (Phi) is 4.11. The van der Waals surface area contributed by atoms with Crippen molar-refractivity contribution in [3.05, 3.63) is 39.6 Å². The van der Waals surface area contributed by atoms with E-state index in [0.29, 0.717) is 21.7 Å². The van der Waals surface area contributed by atoms with Crippen LogP contribution in [0.25, 0.3) is 0 Å². The third-order valence-electron chi connectivity index (χ3n) is 2.52. The summed E-state index contributed by atoms with van der Waals surface area (Å²) in [5.74, 6) is -0.416. The minimum absolute atomic E-state index is 0.0450. The Morgan fingerprint density at radius 1 is 1.58 bits per heavy atom. The highest BCUT2D eigenvalue weighted by atomic mass is 79.9. The lowest BCUT2D eigenvalue weighted by molar-refractivity contribution is 0.101. The predicted octanol–water partition coefficient (Wildman–Crippen LogP) is 3.28. The van der Waals surface area contributed by atoms with Gasteiger partial charge in [0.25, 0.3) is 5.91 Å². The van der Waals surface area contributed by atoms with Crippen LogP contribution in [0.5, 0.6) is 5.75 Å². The van der Waals surface area contributed by atoms with Gasteiger partial charge in [-0.05, 0) is 41.1 Å². The number of phenolic OH excluding ortho intramolecular Hbond substituents is 1. The molecule has 19 heavy (non-hydrogen) atoms. The van der Waals surface area contributed by atoms with Crippen molar-refractivity contribution in [3.63, 3.8) is 0 Å². The first kappa shape index (κ1) is 13.9. The first-order valence-electron chi connectivity index (χ1n) is 5.54. The Hall–Kier alpha value is -1.53. The van der Waals surface area contributed by atoms with Gasteiger partial charge in [0.1, 0.15) is 11.4 Å². The number of aromatic nitrogens is 2. The summed E-state index contributed by atoms with van der Waals surface area (Å²) in [4.78, 5) is 12.2. The minimum atomic E-state index is -0.371. The van der Waals surface area contributed by atoms with Crippen molar-refractivity contribution < 1.29 is 9.90 Å². The molecule has 0 spiro atoms. The molecule has 0 radical (unpaired) electrons. The lowest BCUT2D eigenvalue weighted by atomic mass is 10.2. The van der Waals surface area contributed by atoms with Crippen molar-refractivity contribution in [2.24, 2.45) is 0 Å². The first-order valence-corrected chi connectivity index (χ1v) is 6.71. The maximum atomic E-state index is 12.2. The highest BCUT2D eigenvalue weighted by Crippen LogP contribution is 2.27. The summed E-state index contributed by atoms with van der Waals surface area (Å²) in [7, 11) is 0. The van der Waals surface area contributed by atoms with Gasteiger partial charge in [0.2, 0.25) is 0 Å². The van der Waals surface area contributed by atoms with E-state index in [-0.39, 0.29) is 17.3 Å². The van der Waals surface area contributed by atoms with E-state index in [0.717, 1.165) is 0 Å². The molecule has 0 saturated heterocycles. The number of nitrogens with zero attached hydrogens (tertiary/aromatic N) is 2. The SMILES string of the molecule is CCn1ncc(Br)c1C(=O)Nc1cc(Cl)ccc1O. The summed E-state index contributed by atoms with van der Waals surface area (Å²) in [6.07, 6.45) is 1.55. The third kappa shape index (κ3) is 2.90. The molecule has 0 atom stereocenters. The van der Waals surface area contributed by atoms with E-state index in [1.165, 1.54) is 12.1 Å². The van der Waals surface area contributed by atoms with Gasteiger partial charge in [0.15, 0.2) is 0 Å². The second-order valence-electron chi connectivity index (χ2n) is 3.77. The van der Waals surface area contributed by atoms with Crippen LogP contribution < -0.4 is 5.32 Å². The van der Waals surface area contributed by atoms with Gasteiger partial charge in [-0.3, -0.25) is 9.48 Å². The zero-order valence-electron chi connectivity index (χ0n) is 10.0. The molecule has 0 unspecified atom stereocenters. The zero-order chi connectivity index (χ0) is 14.0. The molecule has 1 heterocycles. The van der Waals surface area contributed by atoms with E-state index in [2.05, 4.69) is 26.3 Å². The second kappa shape index (κ2) is 5.63. The number of hydrogen-bond acceptors (Lipinski definition) is 3. The van der Waals surface area contributed by atoms with Crippen LogP contribution in [0.4, 0.5) is 5.69 Å². The topological polar surface area (TPSA) is 67.2 Å². The van der Waals surface area contributed by atoms with Gasteiger partial charge in [-0.1, -0.05) is 11.6 Å². The molecule has 2 aromatic rings. The fourth-order valence-corrected chi connectivity index (χ4v) is 2.27. The van der Waals surface area contributed by atoms with Crippen LogP contribution in [0.15, 0.2) is 28.9 Å². The lowest BCUT2D eigenvalue weighted by Gasteiger charge is -2.09. The predicted molar refractivity (Wildman–Crippen MR) is 76.7 cm³/mol. The Morgan fingerprint density at radius 3 is 3.00 bits per heavy atom. The van der Waals surface area contributed by atoms with Crippen LogP contribution >= 0.6 is 27.5 Å². The van der Waals surface area contributed by atoms with E-state index < -0.39 is 0 Å². The van der Waals surface area contributed by atoms with Gasteiger partial charge < -0.3 is 10.4 Å². The van der Waals surface area contributed by atoms with Crippen molar-refractivity contribution >= 4 is 39.1 Å². The number of rotatable bonds is 3. The molecule has 0 bridgehead atoms. The lowest BCUT2D eigenvalue weighted by Crippen LogP contribution is -2.18. The van der Waals surface area contributed by atoms with E-state index in [1.54, 1.807) is 16.9 Å². The van der Waals surface area contributed by atoms with E-state index in [1.807, 2.05) is 6.92 Å². The number of halogens is 2. The zero-order valence-corrected chi connectivity index (χ0v) is 12.4. The molecular formula is C12H11BrClN3O2. The van der Waals surface area contributed by atoms with Gasteiger partial charge in [-0.25, -0.2) is 0 Å². The number of carbonyl (C=O) groups excluding carboxylic acids is 1. The number of phenols is 1. The summed E-state index contributed by atoms with van der Waals surface area (Å²) in [5.41, 5.74) is 0.648. The van der Waals surface area contributed by atoms with Crippen LogP contribution in [0, 0.1) is 0 Å². The molecule has 1 aromatic carbocycles. The molecule has 0 aliphatic rings. The van der Waals surface area contributed by atoms with Crippen LogP contribution in [0.2, 0.25) is 5.02 Å². The van der Waals surface area contributed by atoms with Gasteiger partial charge in [0, 0.05) is 11.6 Å². The van der Waals surface area contributed by atoms with Crippen LogP contribution in [0.3, 0.4) is 0 Å². The number of amides is 1. The number of anilines is 1. The number of benzene rings is 1. The summed E-state index contributed by atoms with van der Waals surface area (Å²) < 4.78 is 2.15. The van der Waals surface area contributed by atoms with Gasteiger partial charge in [0.05, 0.1) is 16.4 Å². The van der Waals surface area contributed by atoms with Crippen molar-refractivity contribution in [2.45, 2.75) is 13.5 Å². The van der Waals surface area contributed by atoms with E-state index in [9.17, 15) is 9.90 Å². The maximum Gasteiger partial charge on any atom is 0.275 e. The van der Waals surface area contributed by atoms with Crippen molar-refractivity contribution in [2.75, 3.05) is 5.32 Å². The molecule has 7 heteroatoms. The molecule has 1 aromatic heterocycles. The number of carbonyl (C=O) groups is 1. The molecule has 0 aliphatic carbocycles. The quantitative estimate of drug-likeness (QED) is 0.840. The number of hydrogen-bond donors (Lipinski definition) is 2. The van der Waals surface area contributed by atoms with Gasteiger partial charge in [-0.15, -0.1) is 0 Å². The highest BCUT2D eigenvalue weighted by molar-refractivity contribution is 9.10.